The van der Waals surface area contributed by atoms with Gasteiger partial charge in [0.15, 0.2) is 0 Å². The van der Waals surface area contributed by atoms with E-state index in [1.807, 2.05) is 7.05 Å². The standard InChI is InChI=1S/C11H24N2O/c1-11(2,12-3)9-13(7-8-14-4)10-5-6-10/h10,12H,5-9H2,1-4H3. The van der Waals surface area contributed by atoms with E-state index in [0.29, 0.717) is 0 Å². The van der Waals surface area contributed by atoms with Crippen molar-refractivity contribution in [2.75, 3.05) is 33.9 Å². The minimum atomic E-state index is 0.205. The number of rotatable bonds is 7. The fourth-order valence-corrected chi connectivity index (χ4v) is 1.63. The Morgan fingerprint density at radius 3 is 2.50 bits per heavy atom. The molecule has 0 aromatic carbocycles. The maximum absolute atomic E-state index is 5.14. The Bertz CT molecular complexity index is 167. The summed E-state index contributed by atoms with van der Waals surface area (Å²) in [5.74, 6) is 0. The van der Waals surface area contributed by atoms with Gasteiger partial charge in [0.05, 0.1) is 6.61 Å². The summed E-state index contributed by atoms with van der Waals surface area (Å²) in [5.41, 5.74) is 0.205. The van der Waals surface area contributed by atoms with Gasteiger partial charge >= 0.3 is 0 Å². The van der Waals surface area contributed by atoms with Crippen LogP contribution in [0.15, 0.2) is 0 Å². The SMILES string of the molecule is CNC(C)(C)CN(CCOC)C1CC1. The van der Waals surface area contributed by atoms with E-state index in [2.05, 4.69) is 24.1 Å². The van der Waals surface area contributed by atoms with E-state index < -0.39 is 0 Å². The summed E-state index contributed by atoms with van der Waals surface area (Å²) in [4.78, 5) is 2.54. The van der Waals surface area contributed by atoms with Crippen LogP contribution in [0, 0.1) is 0 Å². The van der Waals surface area contributed by atoms with Gasteiger partial charge < -0.3 is 10.1 Å². The maximum Gasteiger partial charge on any atom is 0.0589 e. The number of methoxy groups -OCH3 is 1. The lowest BCUT2D eigenvalue weighted by Gasteiger charge is -2.32. The molecular weight excluding hydrogens is 176 g/mol. The lowest BCUT2D eigenvalue weighted by molar-refractivity contribution is 0.125. The molecule has 0 aromatic heterocycles. The van der Waals surface area contributed by atoms with Gasteiger partial charge in [0.1, 0.15) is 0 Å². The molecule has 1 aliphatic carbocycles. The molecule has 0 heterocycles. The molecule has 0 aliphatic heterocycles. The second-order valence-electron chi connectivity index (χ2n) is 4.83. The van der Waals surface area contributed by atoms with E-state index in [0.717, 1.165) is 25.7 Å². The quantitative estimate of drug-likeness (QED) is 0.666. The van der Waals surface area contributed by atoms with Gasteiger partial charge in [0, 0.05) is 31.8 Å². The molecule has 14 heavy (non-hydrogen) atoms. The number of likely N-dealkylation sites (N-methyl/N-ethyl adjacent to an activating group) is 1. The molecule has 1 aliphatic rings. The minimum absolute atomic E-state index is 0.205. The van der Waals surface area contributed by atoms with Crippen molar-refractivity contribution in [3.63, 3.8) is 0 Å². The zero-order chi connectivity index (χ0) is 10.6. The molecule has 0 unspecified atom stereocenters. The average molecular weight is 200 g/mol. The van der Waals surface area contributed by atoms with Crippen molar-refractivity contribution >= 4 is 0 Å². The minimum Gasteiger partial charge on any atom is -0.383 e. The molecule has 1 N–H and O–H groups in total. The van der Waals surface area contributed by atoms with E-state index in [4.69, 9.17) is 4.74 Å². The van der Waals surface area contributed by atoms with Crippen molar-refractivity contribution in [1.82, 2.24) is 10.2 Å². The molecule has 1 fully saturated rings. The van der Waals surface area contributed by atoms with E-state index in [-0.39, 0.29) is 5.54 Å². The van der Waals surface area contributed by atoms with Crippen molar-refractivity contribution < 1.29 is 4.74 Å². The summed E-state index contributed by atoms with van der Waals surface area (Å²) < 4.78 is 5.14. The summed E-state index contributed by atoms with van der Waals surface area (Å²) in [6.45, 7) is 7.50. The topological polar surface area (TPSA) is 24.5 Å². The molecule has 0 radical (unpaired) electrons. The number of hydrogen-bond donors (Lipinski definition) is 1. The monoisotopic (exact) mass is 200 g/mol. The molecule has 0 saturated heterocycles. The van der Waals surface area contributed by atoms with Gasteiger partial charge in [0.2, 0.25) is 0 Å². The number of hydrogen-bond acceptors (Lipinski definition) is 3. The van der Waals surface area contributed by atoms with Crippen LogP contribution in [0.4, 0.5) is 0 Å². The van der Waals surface area contributed by atoms with Crippen LogP contribution in [0.3, 0.4) is 0 Å². The summed E-state index contributed by atoms with van der Waals surface area (Å²) >= 11 is 0. The predicted octanol–water partition coefficient (Wildman–Crippen LogP) is 1.10. The van der Waals surface area contributed by atoms with E-state index in [9.17, 15) is 0 Å². The normalized spacial score (nSPS) is 17.8. The van der Waals surface area contributed by atoms with Gasteiger partial charge in [-0.05, 0) is 33.7 Å². The van der Waals surface area contributed by atoms with Crippen LogP contribution in [0.5, 0.6) is 0 Å². The first-order valence-corrected chi connectivity index (χ1v) is 5.51. The Balaban J connectivity index is 2.34. The van der Waals surface area contributed by atoms with Gasteiger partial charge in [-0.2, -0.15) is 0 Å². The molecular formula is C11H24N2O. The largest absolute Gasteiger partial charge is 0.383 e. The van der Waals surface area contributed by atoms with Crippen molar-refractivity contribution in [2.45, 2.75) is 38.3 Å². The molecule has 1 rings (SSSR count). The molecule has 84 valence electrons. The zero-order valence-corrected chi connectivity index (χ0v) is 9.97. The number of ether oxygens (including phenoxy) is 1. The molecule has 1 saturated carbocycles. The van der Waals surface area contributed by atoms with Gasteiger partial charge in [-0.3, -0.25) is 4.90 Å². The third-order valence-corrected chi connectivity index (χ3v) is 2.92. The smallest absolute Gasteiger partial charge is 0.0589 e. The Morgan fingerprint density at radius 2 is 2.07 bits per heavy atom. The highest BCUT2D eigenvalue weighted by atomic mass is 16.5. The van der Waals surface area contributed by atoms with Crippen LogP contribution < -0.4 is 5.32 Å². The Kier molecular flexibility index (Phi) is 4.35. The summed E-state index contributed by atoms with van der Waals surface area (Å²) in [7, 11) is 3.80. The second kappa shape index (κ2) is 5.10. The zero-order valence-electron chi connectivity index (χ0n) is 9.97. The summed E-state index contributed by atoms with van der Waals surface area (Å²) in [6, 6.07) is 0.817. The van der Waals surface area contributed by atoms with Crippen molar-refractivity contribution in [2.24, 2.45) is 0 Å². The van der Waals surface area contributed by atoms with Crippen LogP contribution in [0.1, 0.15) is 26.7 Å². The van der Waals surface area contributed by atoms with Crippen LogP contribution >= 0.6 is 0 Å². The van der Waals surface area contributed by atoms with Crippen LogP contribution in [-0.2, 0) is 4.74 Å². The lowest BCUT2D eigenvalue weighted by atomic mass is 10.1. The fraction of sp³-hybridized carbons (Fsp3) is 1.00. The fourth-order valence-electron chi connectivity index (χ4n) is 1.63. The predicted molar refractivity (Wildman–Crippen MR) is 59.6 cm³/mol. The molecule has 0 aromatic rings. The van der Waals surface area contributed by atoms with Crippen LogP contribution in [-0.4, -0.2) is 50.3 Å². The van der Waals surface area contributed by atoms with Crippen molar-refractivity contribution in [3.05, 3.63) is 0 Å². The Hall–Kier alpha value is -0.120. The lowest BCUT2D eigenvalue weighted by Crippen LogP contribution is -2.49. The molecule has 3 heteroatoms. The highest BCUT2D eigenvalue weighted by Gasteiger charge is 2.31. The molecule has 3 nitrogen and oxygen atoms in total. The Labute approximate surface area is 87.8 Å². The highest BCUT2D eigenvalue weighted by molar-refractivity contribution is 4.89. The first kappa shape index (κ1) is 12.0. The highest BCUT2D eigenvalue weighted by Crippen LogP contribution is 2.27. The van der Waals surface area contributed by atoms with E-state index >= 15 is 0 Å². The third-order valence-electron chi connectivity index (χ3n) is 2.92. The summed E-state index contributed by atoms with van der Waals surface area (Å²) in [6.07, 6.45) is 2.73. The number of nitrogens with zero attached hydrogens (tertiary/aromatic N) is 1. The molecule has 0 spiro atoms. The average Bonchev–Trinajstić information content (AvgIpc) is 2.95. The molecule has 0 atom stereocenters. The Morgan fingerprint density at radius 1 is 1.43 bits per heavy atom. The van der Waals surface area contributed by atoms with Crippen LogP contribution in [0.25, 0.3) is 0 Å². The van der Waals surface area contributed by atoms with Crippen molar-refractivity contribution in [3.8, 4) is 0 Å². The third kappa shape index (κ3) is 3.95. The van der Waals surface area contributed by atoms with Gasteiger partial charge in [-0.1, -0.05) is 0 Å². The summed E-state index contributed by atoms with van der Waals surface area (Å²) in [5, 5.41) is 3.35. The van der Waals surface area contributed by atoms with Crippen LogP contribution in [0.2, 0.25) is 0 Å². The maximum atomic E-state index is 5.14. The molecule has 0 amide bonds. The van der Waals surface area contributed by atoms with E-state index in [1.165, 1.54) is 12.8 Å². The first-order chi connectivity index (χ1) is 6.59. The molecule has 0 bridgehead atoms. The number of nitrogens with one attached hydrogen (secondary N) is 1. The first-order valence-electron chi connectivity index (χ1n) is 5.51. The van der Waals surface area contributed by atoms with Gasteiger partial charge in [-0.25, -0.2) is 0 Å². The van der Waals surface area contributed by atoms with Crippen molar-refractivity contribution in [1.29, 1.82) is 0 Å². The second-order valence-corrected chi connectivity index (χ2v) is 4.83. The van der Waals surface area contributed by atoms with Gasteiger partial charge in [0.25, 0.3) is 0 Å². The van der Waals surface area contributed by atoms with E-state index in [1.54, 1.807) is 7.11 Å². The van der Waals surface area contributed by atoms with Gasteiger partial charge in [-0.15, -0.1) is 0 Å².